The van der Waals surface area contributed by atoms with E-state index in [4.69, 9.17) is 10.1 Å². The summed E-state index contributed by atoms with van der Waals surface area (Å²) in [6, 6.07) is 5.57. The molecule has 2 bridgehead atoms. The monoisotopic (exact) mass is 545 g/mol. The third kappa shape index (κ3) is 3.98. The number of aliphatic hydroxyl groups is 1. The molecular formula is C29H29F2N7O2. The van der Waals surface area contributed by atoms with E-state index in [1.165, 1.54) is 18.2 Å². The molecule has 3 aromatic heterocycles. The number of nitrogens with one attached hydrogen (secondary N) is 1. The maximum atomic E-state index is 14.6. The second kappa shape index (κ2) is 9.81. The van der Waals surface area contributed by atoms with Crippen LogP contribution >= 0.6 is 0 Å². The molecule has 1 aromatic carbocycles. The van der Waals surface area contributed by atoms with Gasteiger partial charge in [0.2, 0.25) is 5.91 Å². The molecule has 1 fully saturated rings. The zero-order valence-electron chi connectivity index (χ0n) is 22.2. The van der Waals surface area contributed by atoms with Crippen LogP contribution in [0.3, 0.4) is 0 Å². The lowest BCUT2D eigenvalue weighted by Gasteiger charge is -2.37. The number of carbonyl (C=O) groups is 1. The molecule has 0 radical (unpaired) electrons. The van der Waals surface area contributed by atoms with Crippen LogP contribution in [-0.4, -0.2) is 54.1 Å². The Balaban J connectivity index is 1.34. The summed E-state index contributed by atoms with van der Waals surface area (Å²) in [6.45, 7) is 4.87. The van der Waals surface area contributed by atoms with Gasteiger partial charge in [-0.25, -0.2) is 13.8 Å². The molecule has 1 amide bonds. The van der Waals surface area contributed by atoms with Gasteiger partial charge in [0, 0.05) is 37.5 Å². The van der Waals surface area contributed by atoms with Gasteiger partial charge in [0.15, 0.2) is 0 Å². The van der Waals surface area contributed by atoms with Crippen molar-refractivity contribution in [2.75, 3.05) is 13.2 Å². The molecule has 0 aliphatic heterocycles. The first-order chi connectivity index (χ1) is 19.3. The second-order valence-corrected chi connectivity index (χ2v) is 11.0. The first kappa shape index (κ1) is 26.1. The average Bonchev–Trinajstić information content (AvgIpc) is 3.58. The first-order valence-electron chi connectivity index (χ1n) is 13.3. The van der Waals surface area contributed by atoms with Gasteiger partial charge in [-0.1, -0.05) is 19.9 Å². The minimum absolute atomic E-state index is 0.104. The molecule has 2 aliphatic carbocycles. The molecular weight excluding hydrogens is 516 g/mol. The number of nitrogens with zero attached hydrogens (tertiary/aromatic N) is 6. The van der Waals surface area contributed by atoms with Gasteiger partial charge < -0.3 is 10.4 Å². The quantitative estimate of drug-likeness (QED) is 0.346. The lowest BCUT2D eigenvalue weighted by atomic mass is 9.66. The predicted octanol–water partition coefficient (Wildman–Crippen LogP) is 3.78. The molecule has 0 unspecified atom stereocenters. The normalized spacial score (nSPS) is 20.5. The topological polar surface area (TPSA) is 119 Å². The Labute approximate surface area is 229 Å². The van der Waals surface area contributed by atoms with E-state index in [0.717, 1.165) is 35.4 Å². The first-order valence-corrected chi connectivity index (χ1v) is 13.3. The lowest BCUT2D eigenvalue weighted by Crippen LogP contribution is -2.38. The molecule has 9 nitrogen and oxygen atoms in total. The number of aromatic nitrogens is 6. The average molecular weight is 546 g/mol. The number of aryl methyl sites for hydroxylation is 1. The Morgan fingerprint density at radius 3 is 2.73 bits per heavy atom. The van der Waals surface area contributed by atoms with Gasteiger partial charge >= 0.3 is 0 Å². The van der Waals surface area contributed by atoms with Crippen LogP contribution in [0, 0.1) is 17.0 Å². The zero-order valence-corrected chi connectivity index (χ0v) is 22.2. The number of hydrogen-bond donors (Lipinski definition) is 2. The van der Waals surface area contributed by atoms with Crippen molar-refractivity contribution in [2.45, 2.75) is 51.0 Å². The highest BCUT2D eigenvalue weighted by Gasteiger charge is 2.65. The molecule has 4 aromatic rings. The minimum Gasteiger partial charge on any atom is -0.395 e. The van der Waals surface area contributed by atoms with Crippen molar-refractivity contribution in [3.8, 4) is 22.5 Å². The molecule has 1 saturated carbocycles. The van der Waals surface area contributed by atoms with E-state index in [0.29, 0.717) is 12.2 Å². The van der Waals surface area contributed by atoms with E-state index in [2.05, 4.69) is 39.4 Å². The summed E-state index contributed by atoms with van der Waals surface area (Å²) in [5, 5.41) is 24.7. The molecule has 3 heterocycles. The van der Waals surface area contributed by atoms with Crippen molar-refractivity contribution in [1.29, 1.82) is 0 Å². The number of amides is 1. The summed E-state index contributed by atoms with van der Waals surface area (Å²) in [7, 11) is 0. The highest BCUT2D eigenvalue weighted by Crippen LogP contribution is 2.69. The molecule has 0 saturated heterocycles. The Hall–Kier alpha value is -4.12. The van der Waals surface area contributed by atoms with Crippen LogP contribution in [0.5, 0.6) is 0 Å². The highest BCUT2D eigenvalue weighted by molar-refractivity contribution is 5.75. The van der Waals surface area contributed by atoms with E-state index >= 15 is 0 Å². The van der Waals surface area contributed by atoms with Crippen molar-refractivity contribution in [1.82, 2.24) is 35.3 Å². The standard InChI is InChI=1S/C29H29F2N7O2/c1-28(2)19-6-8-29(28,27-18(19)12-22(36-37-27)26-20(30)4-3-5-21(26)31)24-15-32-14-23(35-24)17-13-34-38(16-17)10-7-25(40)33-9-11-39/h3-5,12-16,19,39H,6-11H2,1-2H3,(H,33,40)/t19-,29-/m0/s1. The van der Waals surface area contributed by atoms with Crippen LogP contribution in [-0.2, 0) is 16.8 Å². The van der Waals surface area contributed by atoms with Crippen molar-refractivity contribution >= 4 is 5.91 Å². The smallest absolute Gasteiger partial charge is 0.221 e. The minimum atomic E-state index is -0.670. The van der Waals surface area contributed by atoms with E-state index in [1.807, 2.05) is 6.20 Å². The number of benzene rings is 1. The van der Waals surface area contributed by atoms with Crippen LogP contribution in [0.2, 0.25) is 0 Å². The van der Waals surface area contributed by atoms with Crippen molar-refractivity contribution in [2.24, 2.45) is 5.41 Å². The number of hydrogen-bond acceptors (Lipinski definition) is 7. The molecule has 2 aliphatic rings. The Morgan fingerprint density at radius 2 is 1.95 bits per heavy atom. The van der Waals surface area contributed by atoms with Gasteiger partial charge in [0.05, 0.1) is 52.8 Å². The summed E-state index contributed by atoms with van der Waals surface area (Å²) in [6.07, 6.45) is 8.89. The molecule has 11 heteroatoms. The second-order valence-electron chi connectivity index (χ2n) is 11.0. The third-order valence-corrected chi connectivity index (χ3v) is 8.60. The van der Waals surface area contributed by atoms with Gasteiger partial charge in [-0.3, -0.25) is 14.5 Å². The molecule has 206 valence electrons. The number of aliphatic hydroxyl groups excluding tert-OH is 1. The Bertz CT molecular complexity index is 1580. The van der Waals surface area contributed by atoms with E-state index < -0.39 is 17.0 Å². The van der Waals surface area contributed by atoms with Gasteiger partial charge in [0.1, 0.15) is 11.6 Å². The van der Waals surface area contributed by atoms with E-state index in [-0.39, 0.29) is 48.1 Å². The summed E-state index contributed by atoms with van der Waals surface area (Å²) in [4.78, 5) is 21.4. The van der Waals surface area contributed by atoms with Crippen LogP contribution in [0.4, 0.5) is 8.78 Å². The summed E-state index contributed by atoms with van der Waals surface area (Å²) < 4.78 is 30.8. The lowest BCUT2D eigenvalue weighted by molar-refractivity contribution is -0.121. The third-order valence-electron chi connectivity index (χ3n) is 8.60. The van der Waals surface area contributed by atoms with Crippen molar-refractivity contribution in [3.05, 3.63) is 77.6 Å². The van der Waals surface area contributed by atoms with E-state index in [1.54, 1.807) is 29.3 Å². The number of rotatable bonds is 8. The van der Waals surface area contributed by atoms with Gasteiger partial charge in [-0.2, -0.15) is 10.2 Å². The van der Waals surface area contributed by atoms with Crippen LogP contribution < -0.4 is 5.32 Å². The largest absolute Gasteiger partial charge is 0.395 e. The Kier molecular flexibility index (Phi) is 6.41. The predicted molar refractivity (Wildman–Crippen MR) is 142 cm³/mol. The highest BCUT2D eigenvalue weighted by atomic mass is 19.1. The fourth-order valence-corrected chi connectivity index (χ4v) is 6.59. The maximum absolute atomic E-state index is 14.6. The van der Waals surface area contributed by atoms with Gasteiger partial charge in [-0.05, 0) is 47.9 Å². The summed E-state index contributed by atoms with van der Waals surface area (Å²) in [5.74, 6) is -1.38. The fraction of sp³-hybridized carbons (Fsp3) is 0.379. The molecule has 2 N–H and O–H groups in total. The van der Waals surface area contributed by atoms with Crippen LogP contribution in [0.15, 0.2) is 49.1 Å². The molecule has 2 atom stereocenters. The maximum Gasteiger partial charge on any atom is 0.221 e. The molecule has 0 spiro atoms. The van der Waals surface area contributed by atoms with E-state index in [9.17, 15) is 13.6 Å². The van der Waals surface area contributed by atoms with Crippen LogP contribution in [0.1, 0.15) is 56.0 Å². The van der Waals surface area contributed by atoms with Gasteiger partial charge in [-0.15, -0.1) is 5.10 Å². The van der Waals surface area contributed by atoms with Crippen LogP contribution in [0.25, 0.3) is 22.5 Å². The fourth-order valence-electron chi connectivity index (χ4n) is 6.59. The van der Waals surface area contributed by atoms with Crippen molar-refractivity contribution in [3.63, 3.8) is 0 Å². The summed E-state index contributed by atoms with van der Waals surface area (Å²) >= 11 is 0. The Morgan fingerprint density at radius 1 is 1.15 bits per heavy atom. The number of fused-ring (bicyclic) bond motifs is 5. The SMILES string of the molecule is CC1(C)[C@H]2CC[C@]1(c1cncc(-c3cnn(CCC(=O)NCCO)c3)n1)c1nnc(-c3c(F)cccc3F)cc12. The number of carbonyl (C=O) groups excluding carboxylic acids is 1. The molecule has 6 rings (SSSR count). The zero-order chi connectivity index (χ0) is 28.1. The van der Waals surface area contributed by atoms with Crippen molar-refractivity contribution < 1.29 is 18.7 Å². The van der Waals surface area contributed by atoms with Gasteiger partial charge in [0.25, 0.3) is 0 Å². The number of halogens is 2. The summed E-state index contributed by atoms with van der Waals surface area (Å²) in [5.41, 5.74) is 3.09. The molecule has 40 heavy (non-hydrogen) atoms.